The third-order valence-electron chi connectivity index (χ3n) is 3.03. The third kappa shape index (κ3) is 3.04. The molecule has 0 aliphatic heterocycles. The van der Waals surface area contributed by atoms with E-state index < -0.39 is 0 Å². The molecule has 18 heavy (non-hydrogen) atoms. The van der Waals surface area contributed by atoms with Crippen molar-refractivity contribution in [2.24, 2.45) is 0 Å². The van der Waals surface area contributed by atoms with E-state index in [1.165, 1.54) is 11.3 Å². The van der Waals surface area contributed by atoms with Crippen molar-refractivity contribution < 1.29 is 4.42 Å². The van der Waals surface area contributed by atoms with Gasteiger partial charge in [-0.25, -0.2) is 0 Å². The average Bonchev–Trinajstić information content (AvgIpc) is 2.89. The highest BCUT2D eigenvalue weighted by Crippen LogP contribution is 2.21. The molecule has 1 aromatic carbocycles. The lowest BCUT2D eigenvalue weighted by molar-refractivity contribution is 0.556. The molecule has 0 aliphatic rings. The van der Waals surface area contributed by atoms with E-state index in [2.05, 4.69) is 56.3 Å². The number of rotatable bonds is 4. The Morgan fingerprint density at radius 3 is 2.39 bits per heavy atom. The molecular weight excluding hydrogens is 222 g/mol. The van der Waals surface area contributed by atoms with Gasteiger partial charge in [0.15, 0.2) is 0 Å². The summed E-state index contributed by atoms with van der Waals surface area (Å²) in [6.45, 7) is 2.18. The fourth-order valence-electron chi connectivity index (χ4n) is 1.81. The first-order valence-corrected chi connectivity index (χ1v) is 6.16. The summed E-state index contributed by atoms with van der Waals surface area (Å²) in [5.74, 6) is 1.28. The smallest absolute Gasteiger partial charge is 0.126 e. The maximum Gasteiger partial charge on any atom is 0.126 e. The van der Waals surface area contributed by atoms with Crippen LogP contribution in [0, 0.1) is 0 Å². The summed E-state index contributed by atoms with van der Waals surface area (Å²) in [7, 11) is 4.10. The van der Waals surface area contributed by atoms with Gasteiger partial charge in [0.25, 0.3) is 0 Å². The van der Waals surface area contributed by atoms with Gasteiger partial charge >= 0.3 is 0 Å². The van der Waals surface area contributed by atoms with Crippen LogP contribution in [-0.2, 0) is 0 Å². The molecule has 0 spiro atoms. The Balaban J connectivity index is 2.07. The van der Waals surface area contributed by atoms with E-state index >= 15 is 0 Å². The first-order valence-electron chi connectivity index (χ1n) is 6.16. The predicted octanol–water partition coefficient (Wildman–Crippen LogP) is 4.16. The Bertz CT molecular complexity index is 494. The van der Waals surface area contributed by atoms with Gasteiger partial charge < -0.3 is 9.32 Å². The summed E-state index contributed by atoms with van der Waals surface area (Å²) < 4.78 is 5.28. The summed E-state index contributed by atoms with van der Waals surface area (Å²) in [6, 6.07) is 12.5. The van der Waals surface area contributed by atoms with Crippen LogP contribution in [0.4, 0.5) is 5.69 Å². The quantitative estimate of drug-likeness (QED) is 0.799. The maximum atomic E-state index is 5.28. The molecule has 2 heteroatoms. The Hall–Kier alpha value is -1.96. The standard InChI is InChI=1S/C16H19NO/c1-13(6-11-16-5-4-12-18-16)14-7-9-15(10-8-14)17(2)3/h4-13H,1-3H3/b11-6+. The summed E-state index contributed by atoms with van der Waals surface area (Å²) >= 11 is 0. The molecule has 2 rings (SSSR count). The van der Waals surface area contributed by atoms with Crippen molar-refractivity contribution in [2.75, 3.05) is 19.0 Å². The van der Waals surface area contributed by atoms with Gasteiger partial charge in [0.1, 0.15) is 5.76 Å². The van der Waals surface area contributed by atoms with Crippen LogP contribution in [0.15, 0.2) is 53.2 Å². The Labute approximate surface area is 109 Å². The third-order valence-corrected chi connectivity index (χ3v) is 3.03. The largest absolute Gasteiger partial charge is 0.465 e. The van der Waals surface area contributed by atoms with Gasteiger partial charge in [0.05, 0.1) is 6.26 Å². The first-order chi connectivity index (χ1) is 8.66. The number of hydrogen-bond donors (Lipinski definition) is 0. The highest BCUT2D eigenvalue weighted by molar-refractivity contribution is 5.49. The normalized spacial score (nSPS) is 12.8. The van der Waals surface area contributed by atoms with Crippen LogP contribution in [0.5, 0.6) is 0 Å². The maximum absolute atomic E-state index is 5.28. The van der Waals surface area contributed by atoms with Gasteiger partial charge in [0.2, 0.25) is 0 Å². The Morgan fingerprint density at radius 2 is 1.83 bits per heavy atom. The van der Waals surface area contributed by atoms with Gasteiger partial charge in [0, 0.05) is 19.8 Å². The van der Waals surface area contributed by atoms with Crippen molar-refractivity contribution >= 4 is 11.8 Å². The lowest BCUT2D eigenvalue weighted by Gasteiger charge is -2.14. The number of allylic oxidation sites excluding steroid dienone is 1. The Morgan fingerprint density at radius 1 is 1.11 bits per heavy atom. The zero-order chi connectivity index (χ0) is 13.0. The van der Waals surface area contributed by atoms with Crippen LogP contribution in [0.2, 0.25) is 0 Å². The zero-order valence-electron chi connectivity index (χ0n) is 11.1. The molecule has 94 valence electrons. The summed E-state index contributed by atoms with van der Waals surface area (Å²) in [6.07, 6.45) is 5.87. The molecule has 1 atom stereocenters. The highest BCUT2D eigenvalue weighted by atomic mass is 16.3. The van der Waals surface area contributed by atoms with Crippen LogP contribution in [0.3, 0.4) is 0 Å². The molecule has 0 fully saturated rings. The molecule has 1 unspecified atom stereocenters. The fourth-order valence-corrected chi connectivity index (χ4v) is 1.81. The number of anilines is 1. The van der Waals surface area contributed by atoms with Gasteiger partial charge in [-0.1, -0.05) is 25.1 Å². The number of benzene rings is 1. The number of hydrogen-bond acceptors (Lipinski definition) is 2. The number of furan rings is 1. The molecule has 1 heterocycles. The van der Waals surface area contributed by atoms with E-state index in [-0.39, 0.29) is 0 Å². The van der Waals surface area contributed by atoms with Gasteiger partial charge in [-0.2, -0.15) is 0 Å². The second kappa shape index (κ2) is 5.58. The van der Waals surface area contributed by atoms with Crippen molar-refractivity contribution in [1.82, 2.24) is 0 Å². The minimum absolute atomic E-state index is 0.381. The predicted molar refractivity (Wildman–Crippen MR) is 76.9 cm³/mol. The molecule has 0 radical (unpaired) electrons. The van der Waals surface area contributed by atoms with Crippen LogP contribution >= 0.6 is 0 Å². The van der Waals surface area contributed by atoms with Crippen LogP contribution in [0.1, 0.15) is 24.2 Å². The van der Waals surface area contributed by atoms with Gasteiger partial charge in [-0.05, 0) is 41.8 Å². The molecule has 1 aromatic heterocycles. The van der Waals surface area contributed by atoms with E-state index in [4.69, 9.17) is 4.42 Å². The van der Waals surface area contributed by atoms with E-state index in [1.54, 1.807) is 6.26 Å². The van der Waals surface area contributed by atoms with Crippen LogP contribution in [0.25, 0.3) is 6.08 Å². The summed E-state index contributed by atoms with van der Waals surface area (Å²) in [4.78, 5) is 2.10. The summed E-state index contributed by atoms with van der Waals surface area (Å²) in [5, 5.41) is 0. The second-order valence-electron chi connectivity index (χ2n) is 4.65. The lowest BCUT2D eigenvalue weighted by atomic mass is 10.00. The lowest BCUT2D eigenvalue weighted by Crippen LogP contribution is -2.08. The molecule has 2 nitrogen and oxygen atoms in total. The van der Waals surface area contributed by atoms with Crippen LogP contribution in [-0.4, -0.2) is 14.1 Å². The number of nitrogens with zero attached hydrogens (tertiary/aromatic N) is 1. The van der Waals surface area contributed by atoms with Crippen molar-refractivity contribution in [3.63, 3.8) is 0 Å². The topological polar surface area (TPSA) is 16.4 Å². The molecule has 0 aliphatic carbocycles. The molecule has 2 aromatic rings. The van der Waals surface area contributed by atoms with Crippen molar-refractivity contribution in [3.8, 4) is 0 Å². The molecule has 0 amide bonds. The minimum Gasteiger partial charge on any atom is -0.465 e. The van der Waals surface area contributed by atoms with E-state index in [0.29, 0.717) is 5.92 Å². The van der Waals surface area contributed by atoms with Gasteiger partial charge in [-0.15, -0.1) is 0 Å². The van der Waals surface area contributed by atoms with Crippen molar-refractivity contribution in [3.05, 3.63) is 60.1 Å². The molecule has 0 bridgehead atoms. The molecule has 0 saturated carbocycles. The molecule has 0 saturated heterocycles. The van der Waals surface area contributed by atoms with Crippen molar-refractivity contribution in [2.45, 2.75) is 12.8 Å². The van der Waals surface area contributed by atoms with Crippen molar-refractivity contribution in [1.29, 1.82) is 0 Å². The molecular formula is C16H19NO. The van der Waals surface area contributed by atoms with Crippen LogP contribution < -0.4 is 4.90 Å². The Kier molecular flexibility index (Phi) is 3.88. The van der Waals surface area contributed by atoms with E-state index in [0.717, 1.165) is 5.76 Å². The van der Waals surface area contributed by atoms with E-state index in [9.17, 15) is 0 Å². The summed E-state index contributed by atoms with van der Waals surface area (Å²) in [5.41, 5.74) is 2.53. The fraction of sp³-hybridized carbons (Fsp3) is 0.250. The minimum atomic E-state index is 0.381. The van der Waals surface area contributed by atoms with E-state index in [1.807, 2.05) is 18.2 Å². The first kappa shape index (κ1) is 12.5. The zero-order valence-corrected chi connectivity index (χ0v) is 11.1. The highest BCUT2D eigenvalue weighted by Gasteiger charge is 2.02. The average molecular weight is 241 g/mol. The second-order valence-corrected chi connectivity index (χ2v) is 4.65. The monoisotopic (exact) mass is 241 g/mol. The van der Waals surface area contributed by atoms with Gasteiger partial charge in [-0.3, -0.25) is 0 Å². The SMILES string of the molecule is CC(/C=C/c1ccco1)c1ccc(N(C)C)cc1. The molecule has 0 N–H and O–H groups in total.